The molecule has 0 saturated carbocycles. The topological polar surface area (TPSA) is 37.3 Å². The van der Waals surface area contributed by atoms with E-state index in [1.54, 1.807) is 0 Å². The molecule has 2 heteroatoms. The lowest BCUT2D eigenvalue weighted by molar-refractivity contribution is -0.137. The summed E-state index contributed by atoms with van der Waals surface area (Å²) in [7, 11) is 0. The van der Waals surface area contributed by atoms with E-state index in [2.05, 4.69) is 32.0 Å². The van der Waals surface area contributed by atoms with Gasteiger partial charge in [-0.3, -0.25) is 4.79 Å². The van der Waals surface area contributed by atoms with Gasteiger partial charge in [-0.05, 0) is 36.3 Å². The van der Waals surface area contributed by atoms with Crippen LogP contribution in [0, 0.1) is 6.92 Å². The maximum atomic E-state index is 10.7. The van der Waals surface area contributed by atoms with Gasteiger partial charge in [0, 0.05) is 0 Å². The molecule has 0 aliphatic heterocycles. The maximum Gasteiger partial charge on any atom is 0.303 e. The molecule has 2 unspecified atom stereocenters. The van der Waals surface area contributed by atoms with E-state index < -0.39 is 5.97 Å². The fraction of sp³-hybridized carbons (Fsp3) is 0.462. The Morgan fingerprint density at radius 2 is 2.20 bits per heavy atom. The van der Waals surface area contributed by atoms with Crippen molar-refractivity contribution in [3.63, 3.8) is 0 Å². The van der Waals surface area contributed by atoms with Gasteiger partial charge in [0.25, 0.3) is 0 Å². The largest absolute Gasteiger partial charge is 0.481 e. The Morgan fingerprint density at radius 1 is 1.47 bits per heavy atom. The van der Waals surface area contributed by atoms with Crippen LogP contribution in [0.5, 0.6) is 0 Å². The van der Waals surface area contributed by atoms with Gasteiger partial charge < -0.3 is 5.11 Å². The Labute approximate surface area is 89.9 Å². The van der Waals surface area contributed by atoms with Crippen molar-refractivity contribution < 1.29 is 9.90 Å². The maximum absolute atomic E-state index is 10.7. The summed E-state index contributed by atoms with van der Waals surface area (Å²) in [5, 5.41) is 8.84. The van der Waals surface area contributed by atoms with Crippen LogP contribution in [-0.4, -0.2) is 11.1 Å². The number of hydrogen-bond acceptors (Lipinski definition) is 1. The van der Waals surface area contributed by atoms with Crippen LogP contribution in [0.4, 0.5) is 0 Å². The molecule has 1 aromatic rings. The van der Waals surface area contributed by atoms with Crippen LogP contribution in [0.25, 0.3) is 0 Å². The minimum atomic E-state index is -0.694. The predicted molar refractivity (Wildman–Crippen MR) is 59.2 cm³/mol. The predicted octanol–water partition coefficient (Wildman–Crippen LogP) is 3.06. The molecule has 2 atom stereocenters. The minimum Gasteiger partial charge on any atom is -0.481 e. The van der Waals surface area contributed by atoms with Gasteiger partial charge in [-0.2, -0.15) is 0 Å². The molecule has 0 radical (unpaired) electrons. The molecule has 15 heavy (non-hydrogen) atoms. The fourth-order valence-corrected chi connectivity index (χ4v) is 2.58. The molecule has 0 bridgehead atoms. The third-order valence-electron chi connectivity index (χ3n) is 3.27. The number of benzene rings is 1. The lowest BCUT2D eigenvalue weighted by Gasteiger charge is -2.08. The summed E-state index contributed by atoms with van der Waals surface area (Å²) >= 11 is 0. The van der Waals surface area contributed by atoms with Crippen LogP contribution < -0.4 is 0 Å². The highest BCUT2D eigenvalue weighted by molar-refractivity contribution is 5.68. The van der Waals surface area contributed by atoms with Gasteiger partial charge in [-0.1, -0.05) is 30.7 Å². The number of fused-ring (bicyclic) bond motifs is 1. The quantitative estimate of drug-likeness (QED) is 0.803. The lowest BCUT2D eigenvalue weighted by atomic mass is 9.97. The highest BCUT2D eigenvalue weighted by Gasteiger charge is 2.29. The zero-order valence-electron chi connectivity index (χ0n) is 9.16. The van der Waals surface area contributed by atoms with Gasteiger partial charge in [-0.25, -0.2) is 0 Å². The zero-order chi connectivity index (χ0) is 11.0. The third-order valence-corrected chi connectivity index (χ3v) is 3.27. The molecule has 2 nitrogen and oxygen atoms in total. The number of carboxylic acid groups (broad SMARTS) is 1. The van der Waals surface area contributed by atoms with Crippen LogP contribution in [-0.2, 0) is 4.79 Å². The molecule has 1 aliphatic carbocycles. The fourth-order valence-electron chi connectivity index (χ4n) is 2.58. The van der Waals surface area contributed by atoms with E-state index in [1.165, 1.54) is 16.7 Å². The molecule has 0 saturated heterocycles. The normalized spacial score (nSPS) is 23.9. The van der Waals surface area contributed by atoms with Gasteiger partial charge in [0.15, 0.2) is 0 Å². The summed E-state index contributed by atoms with van der Waals surface area (Å²) in [6.07, 6.45) is 1.24. The molecule has 0 spiro atoms. The Balaban J connectivity index is 2.33. The van der Waals surface area contributed by atoms with E-state index in [0.29, 0.717) is 5.92 Å². The van der Waals surface area contributed by atoms with Crippen molar-refractivity contribution in [2.45, 2.75) is 38.5 Å². The highest BCUT2D eigenvalue weighted by Crippen LogP contribution is 2.43. The summed E-state index contributed by atoms with van der Waals surface area (Å²) in [5.74, 6) is 0.0259. The Kier molecular flexibility index (Phi) is 2.51. The second-order valence-electron chi connectivity index (χ2n) is 4.56. The summed E-state index contributed by atoms with van der Waals surface area (Å²) in [6.45, 7) is 4.26. The van der Waals surface area contributed by atoms with Crippen molar-refractivity contribution in [1.29, 1.82) is 0 Å². The first-order chi connectivity index (χ1) is 7.08. The number of aryl methyl sites for hydroxylation is 1. The van der Waals surface area contributed by atoms with Crippen molar-refractivity contribution in [1.82, 2.24) is 0 Å². The first-order valence-electron chi connectivity index (χ1n) is 5.40. The minimum absolute atomic E-state index is 0.216. The van der Waals surface area contributed by atoms with E-state index in [4.69, 9.17) is 5.11 Å². The SMILES string of the molecule is Cc1ccc2c(c1)C(C)CC2CC(=O)O. The van der Waals surface area contributed by atoms with E-state index in [9.17, 15) is 4.79 Å². The van der Waals surface area contributed by atoms with Crippen molar-refractivity contribution in [2.24, 2.45) is 0 Å². The van der Waals surface area contributed by atoms with Crippen LogP contribution in [0.15, 0.2) is 18.2 Å². The molecule has 0 fully saturated rings. The monoisotopic (exact) mass is 204 g/mol. The van der Waals surface area contributed by atoms with Crippen molar-refractivity contribution in [2.75, 3.05) is 0 Å². The standard InChI is InChI=1S/C13H16O2/c1-8-3-4-11-10(7-13(14)15)6-9(2)12(11)5-8/h3-5,9-10H,6-7H2,1-2H3,(H,14,15). The molecule has 1 aliphatic rings. The highest BCUT2D eigenvalue weighted by atomic mass is 16.4. The first-order valence-corrected chi connectivity index (χ1v) is 5.40. The van der Waals surface area contributed by atoms with Crippen LogP contribution >= 0.6 is 0 Å². The molecule has 1 N–H and O–H groups in total. The molecule has 80 valence electrons. The van der Waals surface area contributed by atoms with Gasteiger partial charge in [0.2, 0.25) is 0 Å². The van der Waals surface area contributed by atoms with E-state index in [1.807, 2.05) is 0 Å². The Bertz CT molecular complexity index is 396. The molecule has 0 aromatic heterocycles. The zero-order valence-corrected chi connectivity index (χ0v) is 9.16. The van der Waals surface area contributed by atoms with E-state index in [0.717, 1.165) is 6.42 Å². The molecule has 0 amide bonds. The van der Waals surface area contributed by atoms with Crippen LogP contribution in [0.2, 0.25) is 0 Å². The lowest BCUT2D eigenvalue weighted by Crippen LogP contribution is -2.03. The number of hydrogen-bond donors (Lipinski definition) is 1. The number of carbonyl (C=O) groups is 1. The number of aliphatic carboxylic acids is 1. The van der Waals surface area contributed by atoms with Gasteiger partial charge in [0.1, 0.15) is 0 Å². The number of carboxylic acids is 1. The average Bonchev–Trinajstić information content (AvgIpc) is 2.42. The van der Waals surface area contributed by atoms with Gasteiger partial charge in [-0.15, -0.1) is 0 Å². The van der Waals surface area contributed by atoms with Crippen molar-refractivity contribution >= 4 is 5.97 Å². The second-order valence-corrected chi connectivity index (χ2v) is 4.56. The summed E-state index contributed by atoms with van der Waals surface area (Å²) in [6, 6.07) is 6.37. The summed E-state index contributed by atoms with van der Waals surface area (Å²) in [5.41, 5.74) is 3.85. The average molecular weight is 204 g/mol. The Morgan fingerprint density at radius 3 is 2.87 bits per heavy atom. The number of rotatable bonds is 2. The molecule has 0 heterocycles. The molecule has 2 rings (SSSR count). The second kappa shape index (κ2) is 3.69. The van der Waals surface area contributed by atoms with Crippen molar-refractivity contribution in [3.05, 3.63) is 34.9 Å². The van der Waals surface area contributed by atoms with Gasteiger partial charge in [0.05, 0.1) is 6.42 Å². The van der Waals surface area contributed by atoms with E-state index >= 15 is 0 Å². The summed E-state index contributed by atoms with van der Waals surface area (Å²) < 4.78 is 0. The molecular weight excluding hydrogens is 188 g/mol. The van der Waals surface area contributed by atoms with Crippen LogP contribution in [0.3, 0.4) is 0 Å². The molecule has 1 aromatic carbocycles. The molecular formula is C13H16O2. The first kappa shape index (κ1) is 10.2. The summed E-state index contributed by atoms with van der Waals surface area (Å²) in [4.78, 5) is 10.7. The van der Waals surface area contributed by atoms with E-state index in [-0.39, 0.29) is 12.3 Å². The van der Waals surface area contributed by atoms with Crippen LogP contribution in [0.1, 0.15) is 48.3 Å². The Hall–Kier alpha value is -1.31. The van der Waals surface area contributed by atoms with Gasteiger partial charge >= 0.3 is 5.97 Å². The smallest absolute Gasteiger partial charge is 0.303 e. The third kappa shape index (κ3) is 1.89. The van der Waals surface area contributed by atoms with Crippen molar-refractivity contribution in [3.8, 4) is 0 Å².